The summed E-state index contributed by atoms with van der Waals surface area (Å²) in [7, 11) is 0. The molecule has 0 aliphatic carbocycles. The minimum Gasteiger partial charge on any atom is -0.356 e. The van der Waals surface area contributed by atoms with Crippen molar-refractivity contribution >= 4 is 0 Å². The molecule has 44 valence electrons. The minimum absolute atomic E-state index is 0.0595. The minimum atomic E-state index is -0.0595. The second kappa shape index (κ2) is 1.80. The average molecular weight is 110 g/mol. The second-order valence-electron chi connectivity index (χ2n) is 2.17. The molecule has 0 amide bonds. The van der Waals surface area contributed by atoms with Crippen molar-refractivity contribution in [2.24, 2.45) is 0 Å². The van der Waals surface area contributed by atoms with Crippen LogP contribution in [0, 0.1) is 11.8 Å². The van der Waals surface area contributed by atoms with E-state index in [2.05, 4.69) is 11.8 Å². The third kappa shape index (κ3) is 1.24. The number of ether oxygens (including phenoxy) is 1. The molecule has 0 bridgehead atoms. The number of epoxide rings is 1. The molecule has 8 heavy (non-hydrogen) atoms. The van der Waals surface area contributed by atoms with Crippen molar-refractivity contribution in [2.75, 3.05) is 6.61 Å². The largest absolute Gasteiger partial charge is 0.356 e. The van der Waals surface area contributed by atoms with Crippen molar-refractivity contribution < 1.29 is 4.74 Å². The molecule has 1 aliphatic rings. The lowest BCUT2D eigenvalue weighted by Crippen LogP contribution is -1.97. The average Bonchev–Trinajstić information content (AvgIpc) is 2.45. The van der Waals surface area contributed by atoms with E-state index < -0.39 is 0 Å². The molecule has 0 aromatic rings. The summed E-state index contributed by atoms with van der Waals surface area (Å²) in [4.78, 5) is 0. The highest BCUT2D eigenvalue weighted by Gasteiger charge is 2.36. The van der Waals surface area contributed by atoms with Gasteiger partial charge in [0, 0.05) is 6.42 Å². The van der Waals surface area contributed by atoms with Crippen LogP contribution in [0.15, 0.2) is 0 Å². The maximum atomic E-state index is 5.02. The zero-order valence-electron chi connectivity index (χ0n) is 5.32. The van der Waals surface area contributed by atoms with Crippen molar-refractivity contribution in [3.05, 3.63) is 0 Å². The van der Waals surface area contributed by atoms with Crippen LogP contribution < -0.4 is 0 Å². The fraction of sp³-hybridized carbons (Fsp3) is 0.714. The van der Waals surface area contributed by atoms with E-state index in [9.17, 15) is 0 Å². The van der Waals surface area contributed by atoms with E-state index in [1.165, 1.54) is 0 Å². The zero-order valence-corrected chi connectivity index (χ0v) is 5.32. The van der Waals surface area contributed by atoms with E-state index in [0.29, 0.717) is 0 Å². The van der Waals surface area contributed by atoms with E-state index in [4.69, 9.17) is 4.74 Å². The van der Waals surface area contributed by atoms with Crippen LogP contribution in [-0.4, -0.2) is 12.2 Å². The van der Waals surface area contributed by atoms with Gasteiger partial charge in [-0.2, -0.15) is 0 Å². The monoisotopic (exact) mass is 110 g/mol. The van der Waals surface area contributed by atoms with Crippen molar-refractivity contribution in [1.82, 2.24) is 0 Å². The van der Waals surface area contributed by atoms with Crippen LogP contribution >= 0.6 is 0 Å². The van der Waals surface area contributed by atoms with Gasteiger partial charge in [-0.05, 0) is 6.92 Å². The first kappa shape index (κ1) is 5.65. The van der Waals surface area contributed by atoms with Crippen LogP contribution in [0.3, 0.4) is 0 Å². The Kier molecular flexibility index (Phi) is 1.27. The predicted octanol–water partition coefficient (Wildman–Crippen LogP) is 1.19. The molecular formula is C7H10O. The lowest BCUT2D eigenvalue weighted by atomic mass is 10.2. The summed E-state index contributed by atoms with van der Waals surface area (Å²) in [5.74, 6) is 5.99. The summed E-state index contributed by atoms with van der Waals surface area (Å²) in [6.07, 6.45) is 0.930. The highest BCUT2D eigenvalue weighted by atomic mass is 16.6. The Morgan fingerprint density at radius 2 is 2.38 bits per heavy atom. The number of rotatable bonds is 0. The number of hydrogen-bond donors (Lipinski definition) is 0. The Balaban J connectivity index is 2.38. The molecule has 0 aromatic carbocycles. The molecule has 1 fully saturated rings. The summed E-state index contributed by atoms with van der Waals surface area (Å²) in [5.41, 5.74) is -0.0595. The smallest absolute Gasteiger partial charge is 0.149 e. The molecule has 0 spiro atoms. The van der Waals surface area contributed by atoms with Gasteiger partial charge in [-0.1, -0.05) is 12.8 Å². The van der Waals surface area contributed by atoms with Gasteiger partial charge in [-0.15, -0.1) is 5.92 Å². The predicted molar refractivity (Wildman–Crippen MR) is 32.4 cm³/mol. The topological polar surface area (TPSA) is 12.5 Å². The molecule has 0 aromatic heterocycles. The molecule has 1 nitrogen and oxygen atoms in total. The summed E-state index contributed by atoms with van der Waals surface area (Å²) in [6.45, 7) is 4.87. The summed E-state index contributed by atoms with van der Waals surface area (Å²) in [6, 6.07) is 0. The van der Waals surface area contributed by atoms with Crippen LogP contribution in [0.5, 0.6) is 0 Å². The summed E-state index contributed by atoms with van der Waals surface area (Å²) < 4.78 is 5.02. The van der Waals surface area contributed by atoms with Gasteiger partial charge in [0.25, 0.3) is 0 Å². The highest BCUT2D eigenvalue weighted by Crippen LogP contribution is 2.23. The summed E-state index contributed by atoms with van der Waals surface area (Å²) >= 11 is 0. The van der Waals surface area contributed by atoms with Crippen LogP contribution in [0.25, 0.3) is 0 Å². The summed E-state index contributed by atoms with van der Waals surface area (Å²) in [5, 5.41) is 0. The molecule has 1 heterocycles. The van der Waals surface area contributed by atoms with Gasteiger partial charge >= 0.3 is 0 Å². The van der Waals surface area contributed by atoms with Gasteiger partial charge in [-0.3, -0.25) is 0 Å². The molecule has 1 rings (SSSR count). The van der Waals surface area contributed by atoms with E-state index >= 15 is 0 Å². The van der Waals surface area contributed by atoms with Crippen molar-refractivity contribution in [3.8, 4) is 11.8 Å². The third-order valence-corrected chi connectivity index (χ3v) is 1.11. The van der Waals surface area contributed by atoms with E-state index in [0.717, 1.165) is 13.0 Å². The normalized spacial score (nSPS) is 33.2. The van der Waals surface area contributed by atoms with Gasteiger partial charge in [-0.25, -0.2) is 0 Å². The van der Waals surface area contributed by atoms with E-state index in [1.807, 2.05) is 13.8 Å². The maximum Gasteiger partial charge on any atom is 0.149 e. The molecule has 1 aliphatic heterocycles. The standard InChI is InChI=1S/C7H10O/c1-3-4-5-7(2)6-8-7/h3,6H2,1-2H3. The first-order valence-corrected chi connectivity index (χ1v) is 2.91. The fourth-order valence-corrected chi connectivity index (χ4v) is 0.456. The molecule has 1 heteroatoms. The van der Waals surface area contributed by atoms with E-state index in [-0.39, 0.29) is 5.60 Å². The Morgan fingerprint density at radius 1 is 1.75 bits per heavy atom. The third-order valence-electron chi connectivity index (χ3n) is 1.11. The first-order valence-electron chi connectivity index (χ1n) is 2.91. The molecule has 1 atom stereocenters. The Hall–Kier alpha value is -0.480. The zero-order chi connectivity index (χ0) is 6.04. The van der Waals surface area contributed by atoms with Crippen molar-refractivity contribution in [3.63, 3.8) is 0 Å². The molecule has 0 N–H and O–H groups in total. The Morgan fingerprint density at radius 3 is 2.75 bits per heavy atom. The SMILES string of the molecule is CCC#CC1(C)CO1. The van der Waals surface area contributed by atoms with Crippen molar-refractivity contribution in [2.45, 2.75) is 25.9 Å². The number of hydrogen-bond acceptors (Lipinski definition) is 1. The van der Waals surface area contributed by atoms with Crippen LogP contribution in [0.4, 0.5) is 0 Å². The lowest BCUT2D eigenvalue weighted by Gasteiger charge is -1.85. The van der Waals surface area contributed by atoms with Gasteiger partial charge in [0.05, 0.1) is 6.61 Å². The molecule has 0 radical (unpaired) electrons. The lowest BCUT2D eigenvalue weighted by molar-refractivity contribution is 0.378. The maximum absolute atomic E-state index is 5.02. The van der Waals surface area contributed by atoms with Gasteiger partial charge in [0.1, 0.15) is 5.60 Å². The molecular weight excluding hydrogens is 100 g/mol. The second-order valence-corrected chi connectivity index (χ2v) is 2.17. The Bertz CT molecular complexity index is 134. The van der Waals surface area contributed by atoms with Crippen LogP contribution in [0.2, 0.25) is 0 Å². The molecule has 0 saturated carbocycles. The molecule has 1 unspecified atom stereocenters. The van der Waals surface area contributed by atoms with E-state index in [1.54, 1.807) is 0 Å². The molecule has 1 saturated heterocycles. The van der Waals surface area contributed by atoms with Gasteiger partial charge < -0.3 is 4.74 Å². The fourth-order valence-electron chi connectivity index (χ4n) is 0.456. The van der Waals surface area contributed by atoms with Crippen LogP contribution in [0.1, 0.15) is 20.3 Å². The first-order chi connectivity index (χ1) is 3.77. The van der Waals surface area contributed by atoms with Gasteiger partial charge in [0.15, 0.2) is 0 Å². The quantitative estimate of drug-likeness (QED) is 0.337. The van der Waals surface area contributed by atoms with Crippen LogP contribution in [-0.2, 0) is 4.74 Å². The van der Waals surface area contributed by atoms with Gasteiger partial charge in [0.2, 0.25) is 0 Å². The Labute approximate surface area is 50.0 Å². The highest BCUT2D eigenvalue weighted by molar-refractivity contribution is 5.18. The van der Waals surface area contributed by atoms with Crippen molar-refractivity contribution in [1.29, 1.82) is 0 Å².